The third kappa shape index (κ3) is 5.16. The number of hydrogen-bond acceptors (Lipinski definition) is 8. The zero-order valence-electron chi connectivity index (χ0n) is 16.1. The summed E-state index contributed by atoms with van der Waals surface area (Å²) in [6.07, 6.45) is -0.00182. The molecular formula is C20H23NO6S. The Balaban J connectivity index is 2.52. The van der Waals surface area contributed by atoms with Crippen LogP contribution in [0.5, 0.6) is 0 Å². The minimum Gasteiger partial charge on any atom is -0.466 e. The maximum absolute atomic E-state index is 12.5. The number of ether oxygens (including phenoxy) is 3. The van der Waals surface area contributed by atoms with Crippen molar-refractivity contribution in [3.8, 4) is 0 Å². The molecule has 0 N–H and O–H groups in total. The smallest absolute Gasteiger partial charge is 0.348 e. The highest BCUT2D eigenvalue weighted by Crippen LogP contribution is 2.42. The molecule has 7 nitrogen and oxygen atoms in total. The van der Waals surface area contributed by atoms with Crippen molar-refractivity contribution in [2.45, 2.75) is 27.2 Å². The molecular weight excluding hydrogens is 382 g/mol. The summed E-state index contributed by atoms with van der Waals surface area (Å²) >= 11 is 1.16. The van der Waals surface area contributed by atoms with Gasteiger partial charge in [0.1, 0.15) is 5.03 Å². The van der Waals surface area contributed by atoms with Crippen molar-refractivity contribution < 1.29 is 28.6 Å². The van der Waals surface area contributed by atoms with Crippen LogP contribution in [0.2, 0.25) is 0 Å². The molecule has 0 spiro atoms. The van der Waals surface area contributed by atoms with Crippen LogP contribution >= 0.6 is 11.8 Å². The van der Waals surface area contributed by atoms with Crippen LogP contribution < -0.4 is 4.90 Å². The third-order valence-electron chi connectivity index (χ3n) is 3.62. The fraction of sp³-hybridized carbons (Fsp3) is 0.350. The van der Waals surface area contributed by atoms with Crippen LogP contribution in [0.3, 0.4) is 0 Å². The molecule has 28 heavy (non-hydrogen) atoms. The Kier molecular flexibility index (Phi) is 8.13. The van der Waals surface area contributed by atoms with E-state index in [1.165, 1.54) is 0 Å². The van der Waals surface area contributed by atoms with Gasteiger partial charge >= 0.3 is 17.9 Å². The molecule has 150 valence electrons. The van der Waals surface area contributed by atoms with E-state index in [-0.39, 0.29) is 31.8 Å². The van der Waals surface area contributed by atoms with Gasteiger partial charge in [-0.25, -0.2) is 9.59 Å². The number of thioether (sulfide) groups is 1. The second-order valence-corrected chi connectivity index (χ2v) is 6.36. The molecule has 1 aliphatic rings. The number of nitrogens with zero attached hydrogens (tertiary/aromatic N) is 1. The predicted molar refractivity (Wildman–Crippen MR) is 106 cm³/mol. The zero-order chi connectivity index (χ0) is 20.5. The van der Waals surface area contributed by atoms with Crippen molar-refractivity contribution in [3.63, 3.8) is 0 Å². The second-order valence-electron chi connectivity index (χ2n) is 5.50. The van der Waals surface area contributed by atoms with E-state index in [2.05, 4.69) is 0 Å². The minimum atomic E-state index is -0.768. The maximum Gasteiger partial charge on any atom is 0.348 e. The van der Waals surface area contributed by atoms with Gasteiger partial charge in [0.15, 0.2) is 5.57 Å². The van der Waals surface area contributed by atoms with Gasteiger partial charge in [-0.1, -0.05) is 30.0 Å². The van der Waals surface area contributed by atoms with E-state index in [9.17, 15) is 14.4 Å². The SMILES string of the molecule is CCOC(=O)CC1=CSC(=C(C(=O)OCC)C(=O)OCC)N1c1ccccc1. The second kappa shape index (κ2) is 10.6. The Morgan fingerprint density at radius 1 is 0.893 bits per heavy atom. The van der Waals surface area contributed by atoms with Crippen LogP contribution in [-0.2, 0) is 28.6 Å². The Morgan fingerprint density at radius 3 is 2.00 bits per heavy atom. The zero-order valence-corrected chi connectivity index (χ0v) is 16.9. The topological polar surface area (TPSA) is 82.1 Å². The summed E-state index contributed by atoms with van der Waals surface area (Å²) in [4.78, 5) is 38.8. The lowest BCUT2D eigenvalue weighted by Gasteiger charge is -2.24. The van der Waals surface area contributed by atoms with Crippen molar-refractivity contribution in [3.05, 3.63) is 52.0 Å². The summed E-state index contributed by atoms with van der Waals surface area (Å²) in [5.74, 6) is -1.93. The first kappa shape index (κ1) is 21.6. The van der Waals surface area contributed by atoms with Crippen LogP contribution in [0, 0.1) is 0 Å². The Morgan fingerprint density at radius 2 is 1.46 bits per heavy atom. The monoisotopic (exact) mass is 405 g/mol. The summed E-state index contributed by atoms with van der Waals surface area (Å²) in [6.45, 7) is 5.56. The summed E-state index contributed by atoms with van der Waals surface area (Å²) in [7, 11) is 0. The Hall–Kier alpha value is -2.74. The molecule has 0 amide bonds. The highest BCUT2D eigenvalue weighted by Gasteiger charge is 2.35. The predicted octanol–water partition coefficient (Wildman–Crippen LogP) is 3.37. The van der Waals surface area contributed by atoms with Crippen molar-refractivity contribution in [2.75, 3.05) is 24.7 Å². The lowest BCUT2D eigenvalue weighted by Crippen LogP contribution is -2.27. The first-order valence-electron chi connectivity index (χ1n) is 8.98. The summed E-state index contributed by atoms with van der Waals surface area (Å²) < 4.78 is 15.2. The number of rotatable bonds is 8. The van der Waals surface area contributed by atoms with Crippen LogP contribution in [0.1, 0.15) is 27.2 Å². The quantitative estimate of drug-likeness (QED) is 0.214. The first-order valence-corrected chi connectivity index (χ1v) is 9.86. The molecule has 1 aromatic rings. The van der Waals surface area contributed by atoms with E-state index in [4.69, 9.17) is 14.2 Å². The van der Waals surface area contributed by atoms with Crippen LogP contribution in [0.4, 0.5) is 5.69 Å². The normalized spacial score (nSPS) is 13.0. The molecule has 0 unspecified atom stereocenters. The van der Waals surface area contributed by atoms with Crippen LogP contribution in [-0.4, -0.2) is 37.7 Å². The first-order chi connectivity index (χ1) is 13.5. The van der Waals surface area contributed by atoms with Gasteiger partial charge in [0.05, 0.1) is 26.2 Å². The molecule has 8 heteroatoms. The summed E-state index contributed by atoms with van der Waals surface area (Å²) in [5, 5.41) is 2.06. The van der Waals surface area contributed by atoms with Crippen LogP contribution in [0.15, 0.2) is 52.0 Å². The van der Waals surface area contributed by atoms with E-state index in [1.807, 2.05) is 30.3 Å². The number of para-hydroxylation sites is 1. The highest BCUT2D eigenvalue weighted by molar-refractivity contribution is 8.06. The summed E-state index contributed by atoms with van der Waals surface area (Å²) in [6, 6.07) is 9.14. The molecule has 2 rings (SSSR count). The van der Waals surface area contributed by atoms with Gasteiger partial charge in [-0.3, -0.25) is 4.79 Å². The van der Waals surface area contributed by atoms with Crippen molar-refractivity contribution in [2.24, 2.45) is 0 Å². The van der Waals surface area contributed by atoms with E-state index in [0.29, 0.717) is 16.4 Å². The molecule has 0 saturated carbocycles. The fourth-order valence-electron chi connectivity index (χ4n) is 2.54. The number of anilines is 1. The lowest BCUT2D eigenvalue weighted by atomic mass is 10.2. The van der Waals surface area contributed by atoms with Crippen LogP contribution in [0.25, 0.3) is 0 Å². The number of esters is 3. The highest BCUT2D eigenvalue weighted by atomic mass is 32.2. The third-order valence-corrected chi connectivity index (χ3v) is 4.61. The van der Waals surface area contributed by atoms with Crippen molar-refractivity contribution in [1.82, 2.24) is 0 Å². The van der Waals surface area contributed by atoms with E-state index < -0.39 is 17.9 Å². The number of carbonyl (C=O) groups excluding carboxylic acids is 3. The molecule has 0 fully saturated rings. The molecule has 1 heterocycles. The van der Waals surface area contributed by atoms with E-state index in [0.717, 1.165) is 11.8 Å². The standard InChI is InChI=1S/C20H23NO6S/c1-4-25-16(22)12-15-13-28-18(21(15)14-10-8-7-9-11-14)17(19(23)26-5-2)20(24)27-6-3/h7-11,13H,4-6,12H2,1-3H3. The van der Waals surface area contributed by atoms with E-state index >= 15 is 0 Å². The van der Waals surface area contributed by atoms with E-state index in [1.54, 1.807) is 31.1 Å². The number of benzene rings is 1. The molecule has 0 aromatic heterocycles. The Labute approximate surface area is 168 Å². The molecule has 0 bridgehead atoms. The molecule has 0 aliphatic carbocycles. The van der Waals surface area contributed by atoms with Gasteiger partial charge in [0, 0.05) is 11.4 Å². The average Bonchev–Trinajstić information content (AvgIpc) is 3.06. The largest absolute Gasteiger partial charge is 0.466 e. The molecule has 0 saturated heterocycles. The van der Waals surface area contributed by atoms with Gasteiger partial charge in [-0.05, 0) is 38.3 Å². The van der Waals surface area contributed by atoms with Gasteiger partial charge in [-0.2, -0.15) is 0 Å². The van der Waals surface area contributed by atoms with Gasteiger partial charge < -0.3 is 19.1 Å². The fourth-order valence-corrected chi connectivity index (χ4v) is 3.58. The molecule has 1 aliphatic heterocycles. The van der Waals surface area contributed by atoms with Crippen molar-refractivity contribution >= 4 is 35.4 Å². The van der Waals surface area contributed by atoms with Gasteiger partial charge in [-0.15, -0.1) is 0 Å². The number of carbonyl (C=O) groups is 3. The Bertz CT molecular complexity index is 767. The molecule has 1 aromatic carbocycles. The number of hydrogen-bond donors (Lipinski definition) is 0. The maximum atomic E-state index is 12.5. The van der Waals surface area contributed by atoms with Crippen molar-refractivity contribution in [1.29, 1.82) is 0 Å². The average molecular weight is 405 g/mol. The van der Waals surface area contributed by atoms with Gasteiger partial charge in [0.2, 0.25) is 0 Å². The lowest BCUT2D eigenvalue weighted by molar-refractivity contribution is -0.146. The molecule has 0 atom stereocenters. The molecule has 0 radical (unpaired) electrons. The minimum absolute atomic E-state index is 0.00182. The van der Waals surface area contributed by atoms with Gasteiger partial charge in [0.25, 0.3) is 0 Å². The summed E-state index contributed by atoms with van der Waals surface area (Å²) in [5.41, 5.74) is 1.09.